The van der Waals surface area contributed by atoms with Crippen LogP contribution < -0.4 is 4.90 Å². The number of fused-ring (bicyclic) bond motifs is 2. The van der Waals surface area contributed by atoms with Crippen molar-refractivity contribution in [3.05, 3.63) is 64.2 Å². The topological polar surface area (TPSA) is 20.3 Å². The zero-order valence-corrected chi connectivity index (χ0v) is 11.9. The van der Waals surface area contributed by atoms with Crippen molar-refractivity contribution >= 4 is 35.3 Å². The summed E-state index contributed by atoms with van der Waals surface area (Å²) in [5.74, 6) is 0.0266. The molecule has 3 heteroatoms. The number of amides is 1. The molecule has 1 amide bonds. The van der Waals surface area contributed by atoms with Crippen LogP contribution in [0, 0.1) is 0 Å². The van der Waals surface area contributed by atoms with Crippen LogP contribution in [-0.2, 0) is 11.3 Å². The molecule has 0 unspecified atom stereocenters. The minimum Gasteiger partial charge on any atom is -0.308 e. The molecule has 0 fully saturated rings. The monoisotopic (exact) mass is 283 g/mol. The quantitative estimate of drug-likeness (QED) is 0.703. The van der Waals surface area contributed by atoms with Crippen molar-refractivity contribution in [2.75, 3.05) is 4.90 Å². The van der Waals surface area contributed by atoms with Crippen molar-refractivity contribution in [1.82, 2.24) is 0 Å². The maximum absolute atomic E-state index is 12.0. The summed E-state index contributed by atoms with van der Waals surface area (Å²) in [6, 6.07) is 13.7. The third-order valence-corrected chi connectivity index (χ3v) is 3.72. The third-order valence-electron chi connectivity index (χ3n) is 3.49. The maximum atomic E-state index is 12.0. The minimum atomic E-state index is 0.0266. The first-order valence-corrected chi connectivity index (χ1v) is 6.86. The highest BCUT2D eigenvalue weighted by atomic mass is 35.5. The maximum Gasteiger partial charge on any atom is 0.224 e. The first kappa shape index (κ1) is 12.9. The van der Waals surface area contributed by atoms with Crippen LogP contribution in [0.1, 0.15) is 23.6 Å². The molecule has 0 N–H and O–H groups in total. The van der Waals surface area contributed by atoms with E-state index < -0.39 is 0 Å². The molecule has 0 aromatic heterocycles. The van der Waals surface area contributed by atoms with Crippen molar-refractivity contribution in [2.24, 2.45) is 0 Å². The largest absolute Gasteiger partial charge is 0.308 e. The molecule has 2 nitrogen and oxygen atoms in total. The molecule has 2 aromatic carbocycles. The number of nitrogens with zero attached hydrogens (tertiary/aromatic N) is 1. The van der Waals surface area contributed by atoms with Gasteiger partial charge in [0.05, 0.1) is 12.2 Å². The van der Waals surface area contributed by atoms with Crippen molar-refractivity contribution in [3.8, 4) is 0 Å². The Morgan fingerprint density at radius 1 is 1.10 bits per heavy atom. The minimum absolute atomic E-state index is 0.0266. The number of anilines is 1. The molecular formula is C17H14ClNO. The molecule has 1 heterocycles. The van der Waals surface area contributed by atoms with Gasteiger partial charge in [0.15, 0.2) is 0 Å². The van der Waals surface area contributed by atoms with Crippen molar-refractivity contribution in [2.45, 2.75) is 13.5 Å². The number of carbonyl (C=O) groups excluding carboxylic acids is 1. The number of rotatable bonds is 0. The van der Waals surface area contributed by atoms with Gasteiger partial charge in [-0.1, -0.05) is 48.0 Å². The highest BCUT2D eigenvalue weighted by molar-refractivity contribution is 6.30. The summed E-state index contributed by atoms with van der Waals surface area (Å²) in [5.41, 5.74) is 4.12. The third kappa shape index (κ3) is 2.35. The van der Waals surface area contributed by atoms with Gasteiger partial charge < -0.3 is 4.90 Å². The Morgan fingerprint density at radius 2 is 1.85 bits per heavy atom. The van der Waals surface area contributed by atoms with Crippen molar-refractivity contribution in [1.29, 1.82) is 0 Å². The lowest BCUT2D eigenvalue weighted by Crippen LogP contribution is -2.29. The van der Waals surface area contributed by atoms with E-state index in [0.717, 1.165) is 22.4 Å². The molecule has 2 aromatic rings. The zero-order chi connectivity index (χ0) is 14.1. The highest BCUT2D eigenvalue weighted by Gasteiger charge is 2.18. The summed E-state index contributed by atoms with van der Waals surface area (Å²) in [4.78, 5) is 13.8. The highest BCUT2D eigenvalue weighted by Crippen LogP contribution is 2.30. The molecule has 0 aliphatic carbocycles. The Morgan fingerprint density at radius 3 is 2.65 bits per heavy atom. The first-order chi connectivity index (χ1) is 9.65. The summed E-state index contributed by atoms with van der Waals surface area (Å²) in [7, 11) is 0. The van der Waals surface area contributed by atoms with E-state index in [1.54, 1.807) is 11.8 Å². The van der Waals surface area contributed by atoms with Gasteiger partial charge in [-0.2, -0.15) is 0 Å². The van der Waals surface area contributed by atoms with Gasteiger partial charge in [0.25, 0.3) is 0 Å². The number of hydrogen-bond acceptors (Lipinski definition) is 1. The molecule has 0 saturated heterocycles. The van der Waals surface area contributed by atoms with Gasteiger partial charge in [0.2, 0.25) is 5.91 Å². The predicted octanol–water partition coefficient (Wildman–Crippen LogP) is 4.38. The Kier molecular flexibility index (Phi) is 3.33. The number of halogens is 1. The van der Waals surface area contributed by atoms with Crippen LogP contribution in [0.2, 0.25) is 5.02 Å². The Labute approximate surface area is 123 Å². The number of hydrogen-bond donors (Lipinski definition) is 0. The predicted molar refractivity (Wildman–Crippen MR) is 83.7 cm³/mol. The van der Waals surface area contributed by atoms with Gasteiger partial charge in [-0.3, -0.25) is 4.79 Å². The van der Waals surface area contributed by atoms with E-state index in [0.29, 0.717) is 11.6 Å². The lowest BCUT2D eigenvalue weighted by Gasteiger charge is -2.26. The average molecular weight is 284 g/mol. The Hall–Kier alpha value is -2.06. The normalized spacial score (nSPS) is 14.8. The smallest absolute Gasteiger partial charge is 0.224 e. The van der Waals surface area contributed by atoms with Crippen molar-refractivity contribution < 1.29 is 4.79 Å². The average Bonchev–Trinajstić information content (AvgIpc) is 2.41. The van der Waals surface area contributed by atoms with E-state index in [1.807, 2.05) is 36.4 Å². The summed E-state index contributed by atoms with van der Waals surface area (Å²) in [6.07, 6.45) is 4.08. The van der Waals surface area contributed by atoms with E-state index in [9.17, 15) is 4.79 Å². The van der Waals surface area contributed by atoms with Crippen LogP contribution in [0.15, 0.2) is 42.5 Å². The molecule has 1 aliphatic rings. The molecule has 100 valence electrons. The lowest BCUT2D eigenvalue weighted by molar-refractivity contribution is -0.116. The van der Waals surface area contributed by atoms with Gasteiger partial charge >= 0.3 is 0 Å². The molecule has 0 atom stereocenters. The van der Waals surface area contributed by atoms with Gasteiger partial charge in [0.1, 0.15) is 0 Å². The van der Waals surface area contributed by atoms with Gasteiger partial charge in [-0.25, -0.2) is 0 Å². The van der Waals surface area contributed by atoms with Crippen molar-refractivity contribution in [3.63, 3.8) is 0 Å². The van der Waals surface area contributed by atoms with Gasteiger partial charge in [-0.15, -0.1) is 0 Å². The van der Waals surface area contributed by atoms with Crippen LogP contribution in [0.3, 0.4) is 0 Å². The lowest BCUT2D eigenvalue weighted by atomic mass is 10.0. The molecule has 0 saturated carbocycles. The van der Waals surface area contributed by atoms with E-state index in [-0.39, 0.29) is 5.91 Å². The SMILES string of the molecule is CC(=O)N1Cc2ccccc2/C=C\c2cc(Cl)ccc21. The summed E-state index contributed by atoms with van der Waals surface area (Å²) in [5, 5.41) is 0.672. The van der Waals surface area contributed by atoms with E-state index in [4.69, 9.17) is 11.6 Å². The van der Waals surface area contributed by atoms with E-state index in [2.05, 4.69) is 18.2 Å². The number of carbonyl (C=O) groups is 1. The standard InChI is InChI=1S/C17H14ClNO/c1-12(20)19-11-15-5-3-2-4-13(15)6-7-14-10-16(18)8-9-17(14)19/h2-10H,11H2,1H3/b7-6-. The second kappa shape index (κ2) is 5.14. The molecule has 0 radical (unpaired) electrons. The van der Waals surface area contributed by atoms with Crippen LogP contribution in [0.5, 0.6) is 0 Å². The summed E-state index contributed by atoms with van der Waals surface area (Å²) >= 11 is 6.06. The fraction of sp³-hybridized carbons (Fsp3) is 0.118. The zero-order valence-electron chi connectivity index (χ0n) is 11.1. The molecule has 1 aliphatic heterocycles. The van der Waals surface area contributed by atoms with Gasteiger partial charge in [-0.05, 0) is 34.9 Å². The molecular weight excluding hydrogens is 270 g/mol. The molecule has 20 heavy (non-hydrogen) atoms. The summed E-state index contributed by atoms with van der Waals surface area (Å²) in [6.45, 7) is 2.16. The van der Waals surface area contributed by atoms with Crippen LogP contribution in [0.4, 0.5) is 5.69 Å². The second-order valence-corrected chi connectivity index (χ2v) is 5.28. The number of benzene rings is 2. The Bertz CT molecular complexity index is 706. The molecule has 3 rings (SSSR count). The van der Waals surface area contributed by atoms with E-state index >= 15 is 0 Å². The fourth-order valence-electron chi connectivity index (χ4n) is 2.46. The van der Waals surface area contributed by atoms with Crippen LogP contribution >= 0.6 is 11.6 Å². The second-order valence-electron chi connectivity index (χ2n) is 4.84. The van der Waals surface area contributed by atoms with Gasteiger partial charge in [0, 0.05) is 11.9 Å². The van der Waals surface area contributed by atoms with Crippen LogP contribution in [-0.4, -0.2) is 5.91 Å². The fourth-order valence-corrected chi connectivity index (χ4v) is 2.64. The first-order valence-electron chi connectivity index (χ1n) is 6.49. The van der Waals surface area contributed by atoms with Crippen LogP contribution in [0.25, 0.3) is 12.2 Å². The molecule has 0 spiro atoms. The Balaban J connectivity index is 2.21. The molecule has 0 bridgehead atoms. The van der Waals surface area contributed by atoms with E-state index in [1.165, 1.54) is 0 Å². The summed E-state index contributed by atoms with van der Waals surface area (Å²) < 4.78 is 0.